The zero-order chi connectivity index (χ0) is 15.3. The molecule has 1 N–H and O–H groups in total. The molecular formula is C16H15N3O3. The Morgan fingerprint density at radius 3 is 2.45 bits per heavy atom. The van der Waals surface area contributed by atoms with Crippen molar-refractivity contribution in [3.63, 3.8) is 0 Å². The summed E-state index contributed by atoms with van der Waals surface area (Å²) in [6.07, 6.45) is 6.53. The number of nitrogens with zero attached hydrogens (tertiary/aromatic N) is 2. The molecule has 1 aliphatic heterocycles. The van der Waals surface area contributed by atoms with Gasteiger partial charge in [0, 0.05) is 6.20 Å². The minimum atomic E-state index is -0.402. The maximum absolute atomic E-state index is 12.5. The fourth-order valence-electron chi connectivity index (χ4n) is 3.88. The van der Waals surface area contributed by atoms with E-state index in [1.807, 2.05) is 12.2 Å². The molecule has 2 bridgehead atoms. The van der Waals surface area contributed by atoms with Crippen LogP contribution >= 0.6 is 0 Å². The largest absolute Gasteiger partial charge is 0.309 e. The van der Waals surface area contributed by atoms with Crippen LogP contribution in [0, 0.1) is 23.7 Å². The van der Waals surface area contributed by atoms with Crippen molar-refractivity contribution in [1.29, 1.82) is 0 Å². The predicted molar refractivity (Wildman–Crippen MR) is 77.3 cm³/mol. The third-order valence-electron chi connectivity index (χ3n) is 4.80. The van der Waals surface area contributed by atoms with Crippen LogP contribution < -0.4 is 5.32 Å². The molecule has 1 aromatic heterocycles. The zero-order valence-corrected chi connectivity index (χ0v) is 11.8. The van der Waals surface area contributed by atoms with Crippen molar-refractivity contribution in [2.75, 3.05) is 11.9 Å². The summed E-state index contributed by atoms with van der Waals surface area (Å²) in [5.41, 5.74) is 0. The zero-order valence-electron chi connectivity index (χ0n) is 11.8. The highest BCUT2D eigenvalue weighted by Gasteiger charge is 2.59. The Balaban J connectivity index is 1.47. The number of pyridine rings is 1. The standard InChI is InChI=1S/C16H15N3O3/c20-12(18-11-3-1-2-6-17-11)8-19-15(21)13-9-4-5-10(7-9)14(13)16(19)22/h1-6,9-10,13-14H,7-8H2,(H,17,18,20). The lowest BCUT2D eigenvalue weighted by Crippen LogP contribution is -2.39. The molecule has 112 valence electrons. The van der Waals surface area contributed by atoms with Crippen molar-refractivity contribution in [2.24, 2.45) is 23.7 Å². The van der Waals surface area contributed by atoms with Gasteiger partial charge in [-0.3, -0.25) is 19.3 Å². The molecule has 1 aromatic rings. The molecule has 4 rings (SSSR count). The van der Waals surface area contributed by atoms with Crippen LogP contribution in [-0.2, 0) is 14.4 Å². The first-order chi connectivity index (χ1) is 10.6. The fourth-order valence-corrected chi connectivity index (χ4v) is 3.88. The summed E-state index contributed by atoms with van der Waals surface area (Å²) in [5, 5.41) is 2.60. The fraction of sp³-hybridized carbons (Fsp3) is 0.375. The molecule has 1 saturated carbocycles. The second-order valence-corrected chi connectivity index (χ2v) is 6.03. The molecule has 22 heavy (non-hydrogen) atoms. The molecule has 4 atom stereocenters. The van der Waals surface area contributed by atoms with Gasteiger partial charge in [-0.2, -0.15) is 0 Å². The van der Waals surface area contributed by atoms with Crippen molar-refractivity contribution in [3.8, 4) is 0 Å². The van der Waals surface area contributed by atoms with Gasteiger partial charge in [0.05, 0.1) is 11.8 Å². The Morgan fingerprint density at radius 2 is 1.86 bits per heavy atom. The minimum Gasteiger partial charge on any atom is -0.309 e. The third-order valence-corrected chi connectivity index (χ3v) is 4.80. The van der Waals surface area contributed by atoms with Crippen LogP contribution in [0.4, 0.5) is 5.82 Å². The molecule has 2 aliphatic carbocycles. The van der Waals surface area contributed by atoms with E-state index in [0.717, 1.165) is 11.3 Å². The van der Waals surface area contributed by atoms with Gasteiger partial charge in [0.1, 0.15) is 12.4 Å². The van der Waals surface area contributed by atoms with Gasteiger partial charge in [-0.25, -0.2) is 4.98 Å². The second kappa shape index (κ2) is 4.76. The number of hydrogen-bond donors (Lipinski definition) is 1. The lowest BCUT2D eigenvalue weighted by atomic mass is 9.85. The van der Waals surface area contributed by atoms with Crippen molar-refractivity contribution < 1.29 is 14.4 Å². The average molecular weight is 297 g/mol. The van der Waals surface area contributed by atoms with Crippen LogP contribution in [0.15, 0.2) is 36.5 Å². The number of aromatic nitrogens is 1. The number of hydrogen-bond acceptors (Lipinski definition) is 4. The van der Waals surface area contributed by atoms with Crippen molar-refractivity contribution in [2.45, 2.75) is 6.42 Å². The molecule has 2 fully saturated rings. The molecule has 2 heterocycles. The molecule has 0 spiro atoms. The van der Waals surface area contributed by atoms with Crippen molar-refractivity contribution in [3.05, 3.63) is 36.5 Å². The average Bonchev–Trinajstić information content (AvgIpc) is 3.18. The monoisotopic (exact) mass is 297 g/mol. The van der Waals surface area contributed by atoms with E-state index < -0.39 is 5.91 Å². The number of allylic oxidation sites excluding steroid dienone is 2. The molecule has 1 saturated heterocycles. The number of nitrogens with one attached hydrogen (secondary N) is 1. The lowest BCUT2D eigenvalue weighted by Gasteiger charge is -2.16. The van der Waals surface area contributed by atoms with Gasteiger partial charge in [-0.05, 0) is 30.4 Å². The van der Waals surface area contributed by atoms with Gasteiger partial charge in [-0.1, -0.05) is 18.2 Å². The molecule has 3 amide bonds. The van der Waals surface area contributed by atoms with Gasteiger partial charge in [0.25, 0.3) is 0 Å². The van der Waals surface area contributed by atoms with E-state index in [2.05, 4.69) is 10.3 Å². The van der Waals surface area contributed by atoms with Crippen molar-refractivity contribution in [1.82, 2.24) is 9.88 Å². The van der Waals surface area contributed by atoms with Gasteiger partial charge in [0.15, 0.2) is 0 Å². The molecular weight excluding hydrogens is 282 g/mol. The normalized spacial score (nSPS) is 31.7. The smallest absolute Gasteiger partial charge is 0.245 e. The Labute approximate surface area is 127 Å². The van der Waals surface area contributed by atoms with Crippen LogP contribution in [0.1, 0.15) is 6.42 Å². The summed E-state index contributed by atoms with van der Waals surface area (Å²) in [5.74, 6) is -0.596. The topological polar surface area (TPSA) is 79.4 Å². The second-order valence-electron chi connectivity index (χ2n) is 6.03. The number of fused-ring (bicyclic) bond motifs is 5. The Hall–Kier alpha value is -2.50. The number of likely N-dealkylation sites (tertiary alicyclic amines) is 1. The first kappa shape index (κ1) is 13.2. The first-order valence-corrected chi connectivity index (χ1v) is 7.39. The summed E-state index contributed by atoms with van der Waals surface area (Å²) in [4.78, 5) is 42.0. The van der Waals surface area contributed by atoms with Crippen LogP contribution in [0.5, 0.6) is 0 Å². The predicted octanol–water partition coefficient (Wildman–Crippen LogP) is 0.827. The molecule has 0 radical (unpaired) electrons. The van der Waals surface area contributed by atoms with Gasteiger partial charge in [0.2, 0.25) is 17.7 Å². The van der Waals surface area contributed by atoms with E-state index >= 15 is 0 Å². The molecule has 6 nitrogen and oxygen atoms in total. The lowest BCUT2D eigenvalue weighted by molar-refractivity contribution is -0.143. The number of carbonyl (C=O) groups excluding carboxylic acids is 3. The Bertz CT molecular complexity index is 655. The highest BCUT2D eigenvalue weighted by molar-refractivity contribution is 6.09. The summed E-state index contributed by atoms with van der Waals surface area (Å²) in [6, 6.07) is 5.15. The summed E-state index contributed by atoms with van der Waals surface area (Å²) >= 11 is 0. The summed E-state index contributed by atoms with van der Waals surface area (Å²) < 4.78 is 0. The highest BCUT2D eigenvalue weighted by atomic mass is 16.2. The Morgan fingerprint density at radius 1 is 1.18 bits per heavy atom. The van der Waals surface area contributed by atoms with Crippen LogP contribution in [0.3, 0.4) is 0 Å². The molecule has 3 aliphatic rings. The highest BCUT2D eigenvalue weighted by Crippen LogP contribution is 2.52. The van der Waals surface area contributed by atoms with Crippen LogP contribution in [-0.4, -0.2) is 34.2 Å². The van der Waals surface area contributed by atoms with E-state index in [-0.39, 0.29) is 42.0 Å². The number of anilines is 1. The quantitative estimate of drug-likeness (QED) is 0.662. The van der Waals surface area contributed by atoms with E-state index in [1.54, 1.807) is 24.4 Å². The number of amides is 3. The van der Waals surface area contributed by atoms with Crippen molar-refractivity contribution >= 4 is 23.5 Å². The number of carbonyl (C=O) groups is 3. The third kappa shape index (κ3) is 1.87. The first-order valence-electron chi connectivity index (χ1n) is 7.39. The van der Waals surface area contributed by atoms with E-state index in [4.69, 9.17) is 0 Å². The summed E-state index contributed by atoms with van der Waals surface area (Å²) in [6.45, 7) is -0.235. The SMILES string of the molecule is O=C(CN1C(=O)C2C3C=CC(C3)C2C1=O)Nc1ccccn1. The molecule has 4 unspecified atom stereocenters. The molecule has 6 heteroatoms. The van der Waals surface area contributed by atoms with Crippen LogP contribution in [0.25, 0.3) is 0 Å². The van der Waals surface area contributed by atoms with Gasteiger partial charge >= 0.3 is 0 Å². The van der Waals surface area contributed by atoms with Gasteiger partial charge < -0.3 is 5.32 Å². The van der Waals surface area contributed by atoms with Crippen LogP contribution in [0.2, 0.25) is 0 Å². The van der Waals surface area contributed by atoms with Gasteiger partial charge in [-0.15, -0.1) is 0 Å². The number of imide groups is 1. The maximum atomic E-state index is 12.5. The minimum absolute atomic E-state index is 0.162. The summed E-state index contributed by atoms with van der Waals surface area (Å²) in [7, 11) is 0. The molecule has 0 aromatic carbocycles. The maximum Gasteiger partial charge on any atom is 0.245 e. The van der Waals surface area contributed by atoms with E-state index in [1.165, 1.54) is 0 Å². The Kier molecular flexibility index (Phi) is 2.85. The van der Waals surface area contributed by atoms with E-state index in [9.17, 15) is 14.4 Å². The number of rotatable bonds is 3. The van der Waals surface area contributed by atoms with E-state index in [0.29, 0.717) is 5.82 Å².